The maximum Gasteiger partial charge on any atom is 0.131 e. The monoisotopic (exact) mass is 257 g/mol. The fourth-order valence-electron chi connectivity index (χ4n) is 2.04. The normalized spacial score (nSPS) is 11.0. The standard InChI is InChI=1S/C17H20FN/c1-12(2)19-11-14-7-8-17(18)16(10-14)15-6-4-5-13(3)9-15/h4-10,12,19H,11H2,1-3H3. The molecule has 0 saturated carbocycles. The van der Waals surface area contributed by atoms with Crippen LogP contribution in [-0.2, 0) is 6.54 Å². The number of hydrogen-bond acceptors (Lipinski definition) is 1. The molecule has 0 heterocycles. The van der Waals surface area contributed by atoms with Gasteiger partial charge >= 0.3 is 0 Å². The van der Waals surface area contributed by atoms with Gasteiger partial charge in [0.25, 0.3) is 0 Å². The average molecular weight is 257 g/mol. The molecule has 0 spiro atoms. The maximum atomic E-state index is 14.0. The van der Waals surface area contributed by atoms with Crippen LogP contribution in [0.4, 0.5) is 4.39 Å². The number of aryl methyl sites for hydroxylation is 1. The molecule has 0 fully saturated rings. The van der Waals surface area contributed by atoms with Gasteiger partial charge < -0.3 is 5.32 Å². The lowest BCUT2D eigenvalue weighted by molar-refractivity contribution is 0.586. The van der Waals surface area contributed by atoms with Crippen LogP contribution >= 0.6 is 0 Å². The van der Waals surface area contributed by atoms with Gasteiger partial charge in [0.2, 0.25) is 0 Å². The van der Waals surface area contributed by atoms with E-state index in [0.29, 0.717) is 11.6 Å². The Bertz CT molecular complexity index is 561. The van der Waals surface area contributed by atoms with Crippen molar-refractivity contribution in [1.29, 1.82) is 0 Å². The van der Waals surface area contributed by atoms with E-state index in [-0.39, 0.29) is 5.82 Å². The zero-order chi connectivity index (χ0) is 13.8. The molecule has 0 aliphatic heterocycles. The van der Waals surface area contributed by atoms with Crippen LogP contribution in [0.5, 0.6) is 0 Å². The minimum Gasteiger partial charge on any atom is -0.310 e. The highest BCUT2D eigenvalue weighted by molar-refractivity contribution is 5.65. The first kappa shape index (κ1) is 13.8. The van der Waals surface area contributed by atoms with E-state index in [2.05, 4.69) is 19.2 Å². The maximum absolute atomic E-state index is 14.0. The first-order valence-electron chi connectivity index (χ1n) is 6.65. The van der Waals surface area contributed by atoms with Crippen LogP contribution in [0, 0.1) is 12.7 Å². The van der Waals surface area contributed by atoms with Gasteiger partial charge in [0.1, 0.15) is 5.82 Å². The zero-order valence-electron chi connectivity index (χ0n) is 11.7. The molecule has 0 saturated heterocycles. The second-order valence-corrected chi connectivity index (χ2v) is 5.22. The summed E-state index contributed by atoms with van der Waals surface area (Å²) in [6.45, 7) is 6.98. The molecule has 0 aromatic heterocycles. The number of benzene rings is 2. The molecule has 2 heteroatoms. The predicted octanol–water partition coefficient (Wildman–Crippen LogP) is 4.30. The van der Waals surface area contributed by atoms with Gasteiger partial charge in [0.05, 0.1) is 0 Å². The van der Waals surface area contributed by atoms with Crippen LogP contribution in [0.15, 0.2) is 42.5 Å². The Morgan fingerprint density at radius 2 is 1.89 bits per heavy atom. The van der Waals surface area contributed by atoms with Crippen molar-refractivity contribution in [3.63, 3.8) is 0 Å². The molecular formula is C17H20FN. The van der Waals surface area contributed by atoms with E-state index in [1.54, 1.807) is 6.07 Å². The second-order valence-electron chi connectivity index (χ2n) is 5.22. The topological polar surface area (TPSA) is 12.0 Å². The lowest BCUT2D eigenvalue weighted by Gasteiger charge is -2.11. The van der Waals surface area contributed by atoms with Crippen molar-refractivity contribution in [3.8, 4) is 11.1 Å². The first-order chi connectivity index (χ1) is 9.06. The molecule has 0 aliphatic rings. The summed E-state index contributed by atoms with van der Waals surface area (Å²) >= 11 is 0. The van der Waals surface area contributed by atoms with Gasteiger partial charge in [-0.05, 0) is 30.2 Å². The number of nitrogens with one attached hydrogen (secondary N) is 1. The molecule has 0 unspecified atom stereocenters. The summed E-state index contributed by atoms with van der Waals surface area (Å²) in [5.41, 5.74) is 3.85. The van der Waals surface area contributed by atoms with Gasteiger partial charge in [0.15, 0.2) is 0 Å². The quantitative estimate of drug-likeness (QED) is 0.861. The molecule has 0 bridgehead atoms. The van der Waals surface area contributed by atoms with E-state index >= 15 is 0 Å². The van der Waals surface area contributed by atoms with E-state index in [9.17, 15) is 4.39 Å². The summed E-state index contributed by atoms with van der Waals surface area (Å²) in [6.07, 6.45) is 0. The van der Waals surface area contributed by atoms with Gasteiger partial charge in [-0.2, -0.15) is 0 Å². The second kappa shape index (κ2) is 5.98. The molecule has 0 atom stereocenters. The third-order valence-corrected chi connectivity index (χ3v) is 3.07. The van der Waals surface area contributed by atoms with Gasteiger partial charge in [-0.3, -0.25) is 0 Å². The van der Waals surface area contributed by atoms with Crippen LogP contribution in [0.2, 0.25) is 0 Å². The third kappa shape index (κ3) is 3.65. The van der Waals surface area contributed by atoms with Crippen molar-refractivity contribution >= 4 is 0 Å². The minimum absolute atomic E-state index is 0.168. The highest BCUT2D eigenvalue weighted by Gasteiger charge is 2.07. The van der Waals surface area contributed by atoms with Gasteiger partial charge in [-0.15, -0.1) is 0 Å². The Morgan fingerprint density at radius 1 is 1.11 bits per heavy atom. The summed E-state index contributed by atoms with van der Waals surface area (Å²) in [7, 11) is 0. The Balaban J connectivity index is 2.31. The molecule has 0 aliphatic carbocycles. The van der Waals surface area contributed by atoms with E-state index in [1.807, 2.05) is 43.3 Å². The minimum atomic E-state index is -0.168. The Hall–Kier alpha value is -1.67. The Morgan fingerprint density at radius 3 is 2.58 bits per heavy atom. The fraction of sp³-hybridized carbons (Fsp3) is 0.294. The fourth-order valence-corrected chi connectivity index (χ4v) is 2.04. The van der Waals surface area contributed by atoms with Crippen LogP contribution < -0.4 is 5.32 Å². The number of hydrogen-bond donors (Lipinski definition) is 1. The Kier molecular flexibility index (Phi) is 4.33. The molecule has 0 amide bonds. The van der Waals surface area contributed by atoms with Crippen molar-refractivity contribution in [3.05, 3.63) is 59.4 Å². The molecule has 0 radical (unpaired) electrons. The number of halogens is 1. The summed E-state index contributed by atoms with van der Waals surface area (Å²) in [6, 6.07) is 13.7. The predicted molar refractivity (Wildman–Crippen MR) is 78.5 cm³/mol. The van der Waals surface area contributed by atoms with Gasteiger partial charge in [-0.25, -0.2) is 4.39 Å². The van der Waals surface area contributed by atoms with Crippen molar-refractivity contribution in [1.82, 2.24) is 5.32 Å². The van der Waals surface area contributed by atoms with Crippen LogP contribution in [0.3, 0.4) is 0 Å². The summed E-state index contributed by atoms with van der Waals surface area (Å²) in [5.74, 6) is -0.168. The smallest absolute Gasteiger partial charge is 0.131 e. The highest BCUT2D eigenvalue weighted by Crippen LogP contribution is 2.24. The molecule has 2 aromatic rings. The molecule has 19 heavy (non-hydrogen) atoms. The van der Waals surface area contributed by atoms with E-state index < -0.39 is 0 Å². The zero-order valence-corrected chi connectivity index (χ0v) is 11.7. The SMILES string of the molecule is Cc1cccc(-c2cc(CNC(C)C)ccc2F)c1. The van der Waals surface area contributed by atoms with Crippen LogP contribution in [0.1, 0.15) is 25.0 Å². The van der Waals surface area contributed by atoms with Crippen molar-refractivity contribution < 1.29 is 4.39 Å². The summed E-state index contributed by atoms with van der Waals surface area (Å²) in [4.78, 5) is 0. The van der Waals surface area contributed by atoms with E-state index in [4.69, 9.17) is 0 Å². The van der Waals surface area contributed by atoms with Crippen molar-refractivity contribution in [2.24, 2.45) is 0 Å². The molecule has 2 aromatic carbocycles. The van der Waals surface area contributed by atoms with Crippen molar-refractivity contribution in [2.75, 3.05) is 0 Å². The van der Waals surface area contributed by atoms with Gasteiger partial charge in [0, 0.05) is 18.2 Å². The summed E-state index contributed by atoms with van der Waals surface area (Å²) in [5, 5.41) is 3.35. The number of rotatable bonds is 4. The molecule has 1 nitrogen and oxygen atoms in total. The third-order valence-electron chi connectivity index (χ3n) is 3.07. The largest absolute Gasteiger partial charge is 0.310 e. The summed E-state index contributed by atoms with van der Waals surface area (Å²) < 4.78 is 14.0. The lowest BCUT2D eigenvalue weighted by atomic mass is 10.0. The van der Waals surface area contributed by atoms with Gasteiger partial charge in [-0.1, -0.05) is 49.7 Å². The van der Waals surface area contributed by atoms with Crippen LogP contribution in [0.25, 0.3) is 11.1 Å². The highest BCUT2D eigenvalue weighted by atomic mass is 19.1. The van der Waals surface area contributed by atoms with Crippen LogP contribution in [-0.4, -0.2) is 6.04 Å². The first-order valence-corrected chi connectivity index (χ1v) is 6.65. The molecule has 100 valence electrons. The average Bonchev–Trinajstić information content (AvgIpc) is 2.37. The molecule has 2 rings (SSSR count). The van der Waals surface area contributed by atoms with E-state index in [0.717, 1.165) is 23.2 Å². The van der Waals surface area contributed by atoms with Crippen molar-refractivity contribution in [2.45, 2.75) is 33.4 Å². The molecular weight excluding hydrogens is 237 g/mol. The molecule has 1 N–H and O–H groups in total. The Labute approximate surface area is 114 Å². The lowest BCUT2D eigenvalue weighted by Crippen LogP contribution is -2.21. The van der Waals surface area contributed by atoms with E-state index in [1.165, 1.54) is 0 Å².